The molecule has 1 fully saturated rings. The second-order valence-electron chi connectivity index (χ2n) is 4.02. The van der Waals surface area contributed by atoms with Gasteiger partial charge in [-0.15, -0.1) is 0 Å². The lowest BCUT2D eigenvalue weighted by atomic mass is 10.2. The van der Waals surface area contributed by atoms with E-state index in [2.05, 4.69) is 5.32 Å². The fourth-order valence-corrected chi connectivity index (χ4v) is 1.76. The Hall–Kier alpha value is -1.97. The van der Waals surface area contributed by atoms with Crippen LogP contribution in [0.3, 0.4) is 0 Å². The van der Waals surface area contributed by atoms with Crippen molar-refractivity contribution in [2.75, 3.05) is 13.2 Å². The van der Waals surface area contributed by atoms with E-state index in [1.807, 2.05) is 0 Å². The predicted octanol–water partition coefficient (Wildman–Crippen LogP) is -2.30. The maximum Gasteiger partial charge on any atom is 0.322 e. The Morgan fingerprint density at radius 2 is 2.15 bits per heavy atom. The minimum absolute atomic E-state index is 0.0599. The molecule has 0 aromatic rings. The number of carbonyl (C=O) groups is 3. The van der Waals surface area contributed by atoms with Crippen LogP contribution >= 0.6 is 0 Å². The zero-order valence-electron chi connectivity index (χ0n) is 10.5. The molecule has 1 aliphatic heterocycles. The molecule has 0 aliphatic carbocycles. The van der Waals surface area contributed by atoms with E-state index in [9.17, 15) is 24.6 Å². The summed E-state index contributed by atoms with van der Waals surface area (Å²) in [6.45, 7) is -0.523. The van der Waals surface area contributed by atoms with Crippen molar-refractivity contribution in [1.82, 2.24) is 10.2 Å². The SMILES string of the molecule is O=C/C=C(/C=O)OCC(CCO)N1C(=O)NC(O)C1O. The highest BCUT2D eigenvalue weighted by atomic mass is 16.5. The van der Waals surface area contributed by atoms with Gasteiger partial charge in [0.15, 0.2) is 24.5 Å². The minimum Gasteiger partial charge on any atom is -0.488 e. The van der Waals surface area contributed by atoms with Gasteiger partial charge in [0, 0.05) is 12.7 Å². The average Bonchev–Trinajstić information content (AvgIpc) is 2.67. The molecule has 1 aliphatic rings. The molecule has 112 valence electrons. The Morgan fingerprint density at radius 1 is 1.45 bits per heavy atom. The van der Waals surface area contributed by atoms with Crippen LogP contribution in [0.4, 0.5) is 4.79 Å². The molecule has 1 heterocycles. The first-order valence-corrected chi connectivity index (χ1v) is 5.84. The largest absolute Gasteiger partial charge is 0.488 e. The number of ether oxygens (including phenoxy) is 1. The number of amides is 2. The van der Waals surface area contributed by atoms with E-state index in [1.54, 1.807) is 0 Å². The quantitative estimate of drug-likeness (QED) is 0.224. The van der Waals surface area contributed by atoms with Crippen molar-refractivity contribution in [1.29, 1.82) is 0 Å². The zero-order valence-corrected chi connectivity index (χ0v) is 10.5. The molecule has 0 spiro atoms. The van der Waals surface area contributed by atoms with Gasteiger partial charge in [-0.3, -0.25) is 14.5 Å². The molecule has 2 amide bonds. The lowest BCUT2D eigenvalue weighted by Crippen LogP contribution is -2.46. The van der Waals surface area contributed by atoms with Gasteiger partial charge in [-0.2, -0.15) is 0 Å². The van der Waals surface area contributed by atoms with Crippen LogP contribution in [0.2, 0.25) is 0 Å². The summed E-state index contributed by atoms with van der Waals surface area (Å²) in [6, 6.07) is -1.50. The van der Waals surface area contributed by atoms with Crippen molar-refractivity contribution in [3.63, 3.8) is 0 Å². The smallest absolute Gasteiger partial charge is 0.322 e. The van der Waals surface area contributed by atoms with Gasteiger partial charge in [0.2, 0.25) is 0 Å². The fraction of sp³-hybridized carbons (Fsp3) is 0.545. The summed E-state index contributed by atoms with van der Waals surface area (Å²) in [7, 11) is 0. The first kappa shape index (κ1) is 16.1. The number of aliphatic hydroxyl groups excluding tert-OH is 3. The Morgan fingerprint density at radius 3 is 2.60 bits per heavy atom. The molecule has 0 radical (unpaired) electrons. The monoisotopic (exact) mass is 288 g/mol. The molecule has 0 aromatic carbocycles. The van der Waals surface area contributed by atoms with Crippen molar-refractivity contribution in [2.24, 2.45) is 0 Å². The Kier molecular flexibility index (Phi) is 6.10. The third-order valence-electron chi connectivity index (χ3n) is 2.72. The standard InChI is InChI=1S/C11H16N2O7/c14-3-1-7(6-20-8(5-16)2-4-15)13-10(18)9(17)12-11(13)19/h2,4-5,7,9-10,14,17-18H,1,3,6H2,(H,12,19)/b8-2-. The Labute approximate surface area is 114 Å². The van der Waals surface area contributed by atoms with Crippen LogP contribution < -0.4 is 5.32 Å². The van der Waals surface area contributed by atoms with Gasteiger partial charge in [0.25, 0.3) is 0 Å². The van der Waals surface area contributed by atoms with E-state index in [-0.39, 0.29) is 25.4 Å². The molecule has 0 bridgehead atoms. The minimum atomic E-state index is -1.49. The summed E-state index contributed by atoms with van der Waals surface area (Å²) in [5.74, 6) is -0.238. The molecule has 20 heavy (non-hydrogen) atoms. The summed E-state index contributed by atoms with van der Waals surface area (Å²) in [5.41, 5.74) is 0. The number of rotatable bonds is 8. The summed E-state index contributed by atoms with van der Waals surface area (Å²) in [4.78, 5) is 33.3. The van der Waals surface area contributed by atoms with Gasteiger partial charge in [0.05, 0.1) is 6.04 Å². The summed E-state index contributed by atoms with van der Waals surface area (Å²) >= 11 is 0. The third-order valence-corrected chi connectivity index (χ3v) is 2.72. The molecule has 1 saturated heterocycles. The number of hydrogen-bond donors (Lipinski definition) is 4. The Balaban J connectivity index is 2.74. The molecule has 3 unspecified atom stereocenters. The van der Waals surface area contributed by atoms with Gasteiger partial charge in [-0.25, -0.2) is 4.79 Å². The van der Waals surface area contributed by atoms with Crippen LogP contribution in [0.1, 0.15) is 6.42 Å². The molecule has 0 aromatic heterocycles. The van der Waals surface area contributed by atoms with E-state index in [0.29, 0.717) is 12.6 Å². The maximum absolute atomic E-state index is 11.6. The molecule has 0 saturated carbocycles. The van der Waals surface area contributed by atoms with Crippen molar-refractivity contribution in [2.45, 2.75) is 24.9 Å². The molecule has 9 heteroatoms. The normalized spacial score (nSPS) is 24.2. The van der Waals surface area contributed by atoms with Gasteiger partial charge in [0.1, 0.15) is 12.9 Å². The van der Waals surface area contributed by atoms with E-state index in [4.69, 9.17) is 9.84 Å². The number of nitrogens with zero attached hydrogens (tertiary/aromatic N) is 1. The first-order valence-electron chi connectivity index (χ1n) is 5.84. The highest BCUT2D eigenvalue weighted by Crippen LogP contribution is 2.17. The molecule has 9 nitrogen and oxygen atoms in total. The Bertz CT molecular complexity index is 398. The maximum atomic E-state index is 11.6. The fourth-order valence-electron chi connectivity index (χ4n) is 1.76. The topological polar surface area (TPSA) is 136 Å². The number of allylic oxidation sites excluding steroid dienone is 2. The van der Waals surface area contributed by atoms with Crippen LogP contribution in [0.5, 0.6) is 0 Å². The van der Waals surface area contributed by atoms with Crippen molar-refractivity contribution in [3.8, 4) is 0 Å². The van der Waals surface area contributed by atoms with E-state index in [1.165, 1.54) is 0 Å². The second kappa shape index (κ2) is 7.58. The van der Waals surface area contributed by atoms with E-state index in [0.717, 1.165) is 11.0 Å². The van der Waals surface area contributed by atoms with E-state index < -0.39 is 24.5 Å². The number of urea groups is 1. The van der Waals surface area contributed by atoms with Gasteiger partial charge >= 0.3 is 6.03 Å². The molecular formula is C11H16N2O7. The highest BCUT2D eigenvalue weighted by molar-refractivity contribution is 5.79. The number of aldehydes is 2. The van der Waals surface area contributed by atoms with Crippen LogP contribution in [0, 0.1) is 0 Å². The average molecular weight is 288 g/mol. The number of aliphatic hydroxyl groups is 3. The number of carbonyl (C=O) groups excluding carboxylic acids is 3. The van der Waals surface area contributed by atoms with Crippen LogP contribution in [-0.4, -0.2) is 70.5 Å². The summed E-state index contributed by atoms with van der Waals surface area (Å²) in [6.07, 6.45) is -1.29. The highest BCUT2D eigenvalue weighted by Gasteiger charge is 2.41. The van der Waals surface area contributed by atoms with Gasteiger partial charge in [-0.1, -0.05) is 0 Å². The van der Waals surface area contributed by atoms with Crippen LogP contribution in [0.15, 0.2) is 11.8 Å². The lowest BCUT2D eigenvalue weighted by molar-refractivity contribution is -0.109. The number of nitrogens with one attached hydrogen (secondary N) is 1. The molecule has 3 atom stereocenters. The predicted molar refractivity (Wildman–Crippen MR) is 64.0 cm³/mol. The summed E-state index contributed by atoms with van der Waals surface area (Å²) in [5, 5.41) is 30.0. The molecular weight excluding hydrogens is 272 g/mol. The first-order chi connectivity index (χ1) is 9.54. The molecule has 1 rings (SSSR count). The third kappa shape index (κ3) is 3.76. The van der Waals surface area contributed by atoms with E-state index >= 15 is 0 Å². The van der Waals surface area contributed by atoms with Crippen LogP contribution in [0.25, 0.3) is 0 Å². The van der Waals surface area contributed by atoms with Crippen LogP contribution in [-0.2, 0) is 14.3 Å². The molecule has 4 N–H and O–H groups in total. The van der Waals surface area contributed by atoms with Crippen molar-refractivity contribution < 1.29 is 34.4 Å². The van der Waals surface area contributed by atoms with Crippen molar-refractivity contribution in [3.05, 3.63) is 11.8 Å². The van der Waals surface area contributed by atoms with Crippen molar-refractivity contribution >= 4 is 18.6 Å². The lowest BCUT2D eigenvalue weighted by Gasteiger charge is -2.29. The van der Waals surface area contributed by atoms with Gasteiger partial charge in [-0.05, 0) is 6.42 Å². The van der Waals surface area contributed by atoms with Gasteiger partial charge < -0.3 is 25.4 Å². The number of hydrogen-bond acceptors (Lipinski definition) is 7. The second-order valence-corrected chi connectivity index (χ2v) is 4.02. The zero-order chi connectivity index (χ0) is 15.1. The summed E-state index contributed by atoms with van der Waals surface area (Å²) < 4.78 is 5.03.